The fourth-order valence-corrected chi connectivity index (χ4v) is 13.7. The van der Waals surface area contributed by atoms with Crippen molar-refractivity contribution in [1.82, 2.24) is 14.1 Å². The van der Waals surface area contributed by atoms with Gasteiger partial charge in [0.05, 0.1) is 44.1 Å². The molecule has 7 heteroatoms. The van der Waals surface area contributed by atoms with Crippen LogP contribution >= 0.6 is 0 Å². The van der Waals surface area contributed by atoms with Crippen LogP contribution in [0.2, 0.25) is 0 Å². The third-order valence-corrected chi connectivity index (χ3v) is 17.4. The van der Waals surface area contributed by atoms with E-state index in [9.17, 15) is 8.22 Å². The Labute approximate surface area is 494 Å². The number of hydrogen-bond acceptors (Lipinski definition) is 2. The molecular weight excluding hydrogens is 1120 g/mol. The van der Waals surface area contributed by atoms with Crippen molar-refractivity contribution in [2.75, 3.05) is 0 Å². The standard InChI is InChI=1S/C69H58N4OSi.Pt/c1-48-42-66(70-46-59(48)49-24-12-8-13-25-49)73-62-37-21-20-34-57(62)58-40-38-52(44-64(58)73)74-51-27-22-26-50(43-51)71-47-72(67-60(68(2,3)4)35-23-36-61(67)69(5,6)7)63-41-39-56(45-65(63)71)75(53-28-14-9-15-29-53,54-30-16-10-17-31-54)55-32-18-11-19-33-55;/h8-42,45-46H,1-7H3;/q-2;/i1D3,8D,9D,10D,11D,12D,13D,14D,15D,16D,17D,18D,19D,24D,25D,28D,29D,30D,31D,32D,33D;. The zero-order valence-electron chi connectivity index (χ0n) is 64.8. The third-order valence-electron chi connectivity index (χ3n) is 13.2. The molecule has 0 aliphatic carbocycles. The van der Waals surface area contributed by atoms with Crippen LogP contribution < -0.4 is 30.1 Å². The van der Waals surface area contributed by atoms with Crippen LogP contribution in [0, 0.1) is 25.3 Å². The molecule has 5 nitrogen and oxygen atoms in total. The Morgan fingerprint density at radius 3 is 1.79 bits per heavy atom. The number of para-hydroxylation sites is 2. The molecule has 0 saturated heterocycles. The molecule has 12 rings (SSSR count). The van der Waals surface area contributed by atoms with Gasteiger partial charge in [0.2, 0.25) is 0 Å². The average Bonchev–Trinajstić information content (AvgIpc) is 1.05. The van der Waals surface area contributed by atoms with Crippen LogP contribution in [0.15, 0.2) is 224 Å². The van der Waals surface area contributed by atoms with Crippen molar-refractivity contribution < 1.29 is 61.9 Å². The molecule has 76 heavy (non-hydrogen) atoms. The molecule has 0 amide bonds. The summed E-state index contributed by atoms with van der Waals surface area (Å²) in [6, 6.07) is 17.5. The second-order valence-corrected chi connectivity index (χ2v) is 23.5. The van der Waals surface area contributed by atoms with Gasteiger partial charge in [-0.15, -0.1) is 29.7 Å². The first-order valence-corrected chi connectivity index (χ1v) is 26.0. The van der Waals surface area contributed by atoms with E-state index in [-0.39, 0.29) is 71.5 Å². The Hall–Kier alpha value is -7.89. The summed E-state index contributed by atoms with van der Waals surface area (Å²) in [6.45, 7) is 9.41. The summed E-state index contributed by atoms with van der Waals surface area (Å²) >= 11 is 0. The van der Waals surface area contributed by atoms with Gasteiger partial charge in [0.25, 0.3) is 6.33 Å². The van der Waals surface area contributed by atoms with Crippen LogP contribution in [0.25, 0.3) is 61.2 Å². The molecule has 0 bridgehead atoms. The van der Waals surface area contributed by atoms with Gasteiger partial charge >= 0.3 is 0 Å². The van der Waals surface area contributed by atoms with Crippen molar-refractivity contribution in [2.24, 2.45) is 0 Å². The Morgan fingerprint density at radius 1 is 0.579 bits per heavy atom. The zero-order chi connectivity index (χ0) is 71.4. The normalized spacial score (nSPS) is 16.5. The van der Waals surface area contributed by atoms with Crippen molar-refractivity contribution in [3.05, 3.63) is 259 Å². The maximum absolute atomic E-state index is 9.75. The number of nitrogens with zero attached hydrogens (tertiary/aromatic N) is 4. The van der Waals surface area contributed by atoms with Crippen LogP contribution in [-0.4, -0.2) is 22.2 Å². The van der Waals surface area contributed by atoms with Crippen LogP contribution in [0.5, 0.6) is 11.5 Å². The van der Waals surface area contributed by atoms with Crippen molar-refractivity contribution in [3.63, 3.8) is 0 Å². The topological polar surface area (TPSA) is 35.9 Å². The molecule has 12 aromatic rings. The minimum Gasteiger partial charge on any atom is -0.510 e. The molecule has 3 aromatic heterocycles. The van der Waals surface area contributed by atoms with Crippen molar-refractivity contribution in [2.45, 2.75) is 59.2 Å². The molecule has 0 radical (unpaired) electrons. The summed E-state index contributed by atoms with van der Waals surface area (Å²) in [5.41, 5.74) is 2.27. The molecule has 0 atom stereocenters. The zero-order valence-corrected chi connectivity index (χ0v) is 45.1. The van der Waals surface area contributed by atoms with Crippen molar-refractivity contribution in [3.8, 4) is 39.8 Å². The minimum absolute atomic E-state index is 0. The number of aryl methyl sites for hydroxylation is 1. The van der Waals surface area contributed by atoms with E-state index in [0.717, 1.165) is 11.1 Å². The summed E-state index contributed by atoms with van der Waals surface area (Å²) in [4.78, 5) is 4.69. The Bertz CT molecular complexity index is 5110. The largest absolute Gasteiger partial charge is 0.510 e. The second kappa shape index (κ2) is 20.0. The van der Waals surface area contributed by atoms with E-state index >= 15 is 0 Å². The predicted molar refractivity (Wildman–Crippen MR) is 311 cm³/mol. The number of fused-ring (bicyclic) bond motifs is 4. The summed E-state index contributed by atoms with van der Waals surface area (Å²) < 4.78 is 220. The monoisotopic (exact) mass is 1200 g/mol. The molecule has 3 heterocycles. The van der Waals surface area contributed by atoms with E-state index in [2.05, 4.69) is 23.4 Å². The van der Waals surface area contributed by atoms with Gasteiger partial charge in [0.15, 0.2) is 8.07 Å². The van der Waals surface area contributed by atoms with Gasteiger partial charge in [-0.25, -0.2) is 4.98 Å². The van der Waals surface area contributed by atoms with Gasteiger partial charge in [-0.1, -0.05) is 223 Å². The van der Waals surface area contributed by atoms with Crippen LogP contribution in [0.3, 0.4) is 0 Å². The van der Waals surface area contributed by atoms with E-state index in [4.69, 9.17) is 28.0 Å². The summed E-state index contributed by atoms with van der Waals surface area (Å²) in [5, 5.41) is -0.737. The van der Waals surface area contributed by atoms with Crippen molar-refractivity contribution >= 4 is 61.7 Å². The van der Waals surface area contributed by atoms with E-state index in [1.165, 1.54) is 24.4 Å². The van der Waals surface area contributed by atoms with Gasteiger partial charge in [-0.05, 0) is 83.9 Å². The van der Waals surface area contributed by atoms with Crippen molar-refractivity contribution in [1.29, 1.82) is 0 Å². The van der Waals surface area contributed by atoms with Crippen LogP contribution in [0.4, 0.5) is 0 Å². The number of aromatic nitrogens is 4. The fourth-order valence-electron chi connectivity index (χ4n) is 9.87. The molecular formula is C69H58N4OPtSi-2. The molecule has 0 unspecified atom stereocenters. The minimum atomic E-state index is -5.63. The van der Waals surface area contributed by atoms with Crippen LogP contribution in [0.1, 0.15) is 89.8 Å². The number of imidazole rings is 1. The molecule has 0 aliphatic heterocycles. The maximum atomic E-state index is 9.75. The summed E-state index contributed by atoms with van der Waals surface area (Å²) in [7, 11) is -5.63. The first kappa shape index (κ1) is 30.0. The second-order valence-electron chi connectivity index (χ2n) is 20.0. The summed E-state index contributed by atoms with van der Waals surface area (Å²) in [5.74, 6) is 0.305. The van der Waals surface area contributed by atoms with E-state index in [0.29, 0.717) is 33.0 Å². The van der Waals surface area contributed by atoms with Gasteiger partial charge in [-0.2, -0.15) is 18.2 Å². The van der Waals surface area contributed by atoms with Gasteiger partial charge in [0, 0.05) is 54.0 Å². The van der Waals surface area contributed by atoms with Gasteiger partial charge in [-0.3, -0.25) is 4.57 Å². The molecule has 0 saturated carbocycles. The van der Waals surface area contributed by atoms with E-state index in [1.807, 2.05) is 76.4 Å². The average molecular weight is 1210 g/mol. The summed E-state index contributed by atoms with van der Waals surface area (Å²) in [6.07, 6.45) is 4.75. The Kier molecular flexibility index (Phi) is 7.89. The number of ether oxygens (including phenoxy) is 1. The molecule has 0 N–H and O–H groups in total. The fraction of sp³-hybridized carbons (Fsp3) is 0.130. The number of hydrogen-bond donors (Lipinski definition) is 0. The smallest absolute Gasteiger partial charge is 0.268 e. The first-order chi connectivity index (χ1) is 45.9. The molecule has 9 aromatic carbocycles. The molecule has 0 spiro atoms. The number of rotatable bonds is 10. The third kappa shape index (κ3) is 8.83. The Morgan fingerprint density at radius 2 is 1.17 bits per heavy atom. The van der Waals surface area contributed by atoms with E-state index < -0.39 is 162 Å². The van der Waals surface area contributed by atoms with Crippen LogP contribution in [-0.2, 0) is 31.9 Å². The maximum Gasteiger partial charge on any atom is 0.268 e. The predicted octanol–water partition coefficient (Wildman–Crippen LogP) is 13.5. The Balaban J connectivity index is 0.00000990. The quantitative estimate of drug-likeness (QED) is 0.0592. The SMILES string of the molecule is [2H]c1c([2H])c([2H])c(-c2cnc(-n3c4[c-]c(Oc5[c-]c(-n6[c-][n+](-c7c(C(C)(C)C)cccc7C(C)(C)C)c7ccc([Si](c8c([2H])c([2H])c([2H])c([2H])c8[2H])(c8c([2H])c([2H])c([2H])c([2H])c8[2H])c8c([2H])c([2H])c([2H])c([2H])c8[2H])cc76)ccc5)ccc4c4ccccc43)cc2C([2H])([2H])[2H])c([2H])c1[2H].[Pt]. The number of pyridine rings is 1. The first-order valence-electron chi connectivity index (χ1n) is 35.5. The van der Waals surface area contributed by atoms with Gasteiger partial charge in [0.1, 0.15) is 5.82 Å². The van der Waals surface area contributed by atoms with E-state index in [1.54, 1.807) is 57.7 Å². The molecule has 0 fully saturated rings. The molecule has 0 aliphatic rings. The molecule has 376 valence electrons. The van der Waals surface area contributed by atoms with Gasteiger partial charge < -0.3 is 13.9 Å². The number of benzene rings is 9.